The van der Waals surface area contributed by atoms with Crippen LogP contribution in [-0.2, 0) is 31.5 Å². The lowest BCUT2D eigenvalue weighted by Gasteiger charge is -2.67. The first-order chi connectivity index (χ1) is 14.5. The molecule has 2 aliphatic heterocycles. The first-order valence-electron chi connectivity index (χ1n) is 10.5. The van der Waals surface area contributed by atoms with Gasteiger partial charge in [-0.2, -0.15) is 0 Å². The molecule has 4 fully saturated rings. The van der Waals surface area contributed by atoms with Gasteiger partial charge in [0.25, 0.3) is 0 Å². The van der Waals surface area contributed by atoms with Crippen molar-refractivity contribution in [1.29, 1.82) is 0 Å². The molecule has 3 amide bonds. The van der Waals surface area contributed by atoms with E-state index in [2.05, 4.69) is 9.97 Å². The van der Waals surface area contributed by atoms with Crippen LogP contribution in [0.25, 0.3) is 0 Å². The molecule has 5 aliphatic rings. The number of carbonyl (C=O) groups excluding carboxylic acids is 3. The van der Waals surface area contributed by atoms with Crippen LogP contribution in [0.4, 0.5) is 10.6 Å². The van der Waals surface area contributed by atoms with E-state index in [1.807, 2.05) is 0 Å². The Morgan fingerprint density at radius 3 is 2.45 bits per heavy atom. The lowest BCUT2D eigenvalue weighted by molar-refractivity contribution is -0.147. The molecule has 1 aromatic rings. The first kappa shape index (κ1) is 20.5. The van der Waals surface area contributed by atoms with Crippen molar-refractivity contribution in [1.82, 2.24) is 14.9 Å². The zero-order chi connectivity index (χ0) is 22.3. The van der Waals surface area contributed by atoms with E-state index in [-0.39, 0.29) is 36.0 Å². The Labute approximate surface area is 183 Å². The van der Waals surface area contributed by atoms with Crippen molar-refractivity contribution in [2.24, 2.45) is 11.3 Å². The highest BCUT2D eigenvalue weighted by Crippen LogP contribution is 2.63. The van der Waals surface area contributed by atoms with Gasteiger partial charge in [-0.25, -0.2) is 19.7 Å². The largest absolute Gasteiger partial charge is 0.443 e. The monoisotopic (exact) mass is 446 g/mol. The van der Waals surface area contributed by atoms with E-state index in [4.69, 9.17) is 4.74 Å². The molecule has 9 nitrogen and oxygen atoms in total. The van der Waals surface area contributed by atoms with Gasteiger partial charge in [-0.15, -0.1) is 0 Å². The normalized spacial score (nSPS) is 32.5. The summed E-state index contributed by atoms with van der Waals surface area (Å²) in [5.74, 6) is 0.253. The number of nitrogens with zero attached hydrogens (tertiary/aromatic N) is 4. The molecule has 10 heteroatoms. The Hall–Kier alpha value is -2.36. The van der Waals surface area contributed by atoms with Gasteiger partial charge in [-0.05, 0) is 52.4 Å². The molecule has 1 saturated heterocycles. The van der Waals surface area contributed by atoms with Crippen molar-refractivity contribution >= 4 is 34.5 Å². The number of amides is 3. The summed E-state index contributed by atoms with van der Waals surface area (Å²) in [5, 5.41) is 0.173. The molecule has 3 heterocycles. The molecule has 1 unspecified atom stereocenters. The van der Waals surface area contributed by atoms with E-state index in [1.54, 1.807) is 31.9 Å². The van der Waals surface area contributed by atoms with Crippen molar-refractivity contribution < 1.29 is 23.3 Å². The number of fused-ring (bicyclic) bond motifs is 1. The van der Waals surface area contributed by atoms with Gasteiger partial charge in [-0.3, -0.25) is 18.7 Å². The van der Waals surface area contributed by atoms with Crippen LogP contribution in [0.15, 0.2) is 11.4 Å². The van der Waals surface area contributed by atoms with Gasteiger partial charge in [0.05, 0.1) is 16.3 Å². The maximum atomic E-state index is 13.9. The molecule has 3 aliphatic carbocycles. The van der Waals surface area contributed by atoms with Crippen LogP contribution in [0.2, 0.25) is 0 Å². The maximum Gasteiger partial charge on any atom is 0.417 e. The van der Waals surface area contributed by atoms with Gasteiger partial charge in [0.2, 0.25) is 17.0 Å². The Morgan fingerprint density at radius 2 is 1.90 bits per heavy atom. The van der Waals surface area contributed by atoms with E-state index < -0.39 is 33.8 Å². The number of imide groups is 1. The highest BCUT2D eigenvalue weighted by molar-refractivity contribution is 7.84. The van der Waals surface area contributed by atoms with Gasteiger partial charge in [-0.1, -0.05) is 0 Å². The van der Waals surface area contributed by atoms with Gasteiger partial charge in [0.1, 0.15) is 16.8 Å². The lowest BCUT2D eigenvalue weighted by Crippen LogP contribution is -2.73. The van der Waals surface area contributed by atoms with E-state index in [0.29, 0.717) is 17.3 Å². The molecule has 3 saturated carbocycles. The van der Waals surface area contributed by atoms with E-state index in [9.17, 15) is 18.6 Å². The standard InChI is InChI=1S/C21H26N4O5S/c1-19(2,3)30-18(28)24-6-5-21(15(24)26)10-13-11-22-17(31(4)29)23-14(13)25(16(21)27)20-7-12(8-20)9-20/h11-12H,5-10H2,1-4H3/t12?,20?,21-,31?/m1/s1. The summed E-state index contributed by atoms with van der Waals surface area (Å²) >= 11 is 0. The predicted molar refractivity (Wildman–Crippen MR) is 111 cm³/mol. The van der Waals surface area contributed by atoms with Crippen LogP contribution in [0.1, 0.15) is 52.0 Å². The number of hydrogen-bond donors (Lipinski definition) is 0. The molecule has 0 N–H and O–H groups in total. The van der Waals surface area contributed by atoms with Crippen molar-refractivity contribution in [3.8, 4) is 0 Å². The molecule has 1 aromatic heterocycles. The maximum absolute atomic E-state index is 13.9. The van der Waals surface area contributed by atoms with Crippen LogP contribution < -0.4 is 4.90 Å². The first-order valence-corrected chi connectivity index (χ1v) is 12.1. The Morgan fingerprint density at radius 1 is 1.23 bits per heavy atom. The van der Waals surface area contributed by atoms with E-state index in [0.717, 1.165) is 24.2 Å². The minimum Gasteiger partial charge on any atom is -0.443 e. The second-order valence-corrected chi connectivity index (χ2v) is 11.5. The summed E-state index contributed by atoms with van der Waals surface area (Å²) in [6, 6.07) is 0. The van der Waals surface area contributed by atoms with Crippen molar-refractivity contribution in [2.45, 2.75) is 69.2 Å². The molecular weight excluding hydrogens is 420 g/mol. The molecule has 0 radical (unpaired) electrons. The fraction of sp³-hybridized carbons (Fsp3) is 0.667. The zero-order valence-electron chi connectivity index (χ0n) is 18.1. The van der Waals surface area contributed by atoms with Gasteiger partial charge in [0, 0.05) is 31.0 Å². The van der Waals surface area contributed by atoms with Crippen molar-refractivity contribution in [2.75, 3.05) is 17.7 Å². The number of hydrogen-bond acceptors (Lipinski definition) is 7. The summed E-state index contributed by atoms with van der Waals surface area (Å²) in [7, 11) is -1.39. The highest BCUT2D eigenvalue weighted by atomic mass is 32.2. The lowest BCUT2D eigenvalue weighted by atomic mass is 9.48. The topological polar surface area (TPSA) is 110 Å². The third kappa shape index (κ3) is 2.86. The molecular formula is C21H26N4O5S. The number of carbonyl (C=O) groups is 3. The Kier molecular flexibility index (Phi) is 4.20. The average Bonchev–Trinajstić information content (AvgIpc) is 2.91. The van der Waals surface area contributed by atoms with E-state index >= 15 is 0 Å². The fourth-order valence-corrected chi connectivity index (χ4v) is 5.74. The smallest absolute Gasteiger partial charge is 0.417 e. The Balaban J connectivity index is 1.54. The third-order valence-corrected chi connectivity index (χ3v) is 7.61. The van der Waals surface area contributed by atoms with Crippen LogP contribution in [-0.4, -0.2) is 60.9 Å². The van der Waals surface area contributed by atoms with Crippen molar-refractivity contribution in [3.05, 3.63) is 11.8 Å². The Bertz CT molecular complexity index is 1030. The number of anilines is 1. The molecule has 2 atom stereocenters. The number of ether oxygens (including phenoxy) is 1. The fourth-order valence-electron chi connectivity index (χ4n) is 5.32. The van der Waals surface area contributed by atoms with Crippen LogP contribution in [0.5, 0.6) is 0 Å². The SMILES string of the molecule is CS(=O)c1ncc2c(n1)N(C13CC(C1)C3)C(=O)[C@]1(CCN(C(=O)OC(C)(C)C)C1=O)C2. The molecule has 2 bridgehead atoms. The van der Waals surface area contributed by atoms with Gasteiger partial charge in [0.15, 0.2) is 0 Å². The molecule has 0 aromatic carbocycles. The zero-order valence-corrected chi connectivity index (χ0v) is 19.0. The average molecular weight is 447 g/mol. The third-order valence-electron chi connectivity index (χ3n) is 6.90. The van der Waals surface area contributed by atoms with E-state index in [1.165, 1.54) is 6.26 Å². The second kappa shape index (κ2) is 6.34. The summed E-state index contributed by atoms with van der Waals surface area (Å²) in [6.45, 7) is 5.34. The van der Waals surface area contributed by atoms with Gasteiger partial charge >= 0.3 is 6.09 Å². The van der Waals surface area contributed by atoms with Crippen LogP contribution in [0, 0.1) is 11.3 Å². The second-order valence-electron chi connectivity index (χ2n) is 10.2. The summed E-state index contributed by atoms with van der Waals surface area (Å²) < 4.78 is 17.4. The number of likely N-dealkylation sites (tertiary alicyclic amines) is 1. The molecule has 166 valence electrons. The summed E-state index contributed by atoms with van der Waals surface area (Å²) in [5.41, 5.74) is -1.74. The molecule has 31 heavy (non-hydrogen) atoms. The number of rotatable bonds is 2. The number of aromatic nitrogens is 2. The minimum atomic E-state index is -1.39. The summed E-state index contributed by atoms with van der Waals surface area (Å²) in [6.07, 6.45) is 5.37. The van der Waals surface area contributed by atoms with Crippen LogP contribution in [0.3, 0.4) is 0 Å². The minimum absolute atomic E-state index is 0.131. The summed E-state index contributed by atoms with van der Waals surface area (Å²) in [4.78, 5) is 51.4. The quantitative estimate of drug-likeness (QED) is 0.503. The highest BCUT2D eigenvalue weighted by Gasteiger charge is 2.68. The van der Waals surface area contributed by atoms with Gasteiger partial charge < -0.3 is 4.74 Å². The molecule has 1 spiro atoms. The van der Waals surface area contributed by atoms with Crippen molar-refractivity contribution in [3.63, 3.8) is 0 Å². The predicted octanol–water partition coefficient (Wildman–Crippen LogP) is 1.81. The molecule has 6 rings (SSSR count). The van der Waals surface area contributed by atoms with Crippen LogP contribution >= 0.6 is 0 Å².